The van der Waals surface area contributed by atoms with E-state index in [0.717, 1.165) is 37.3 Å². The lowest BCUT2D eigenvalue weighted by Gasteiger charge is -2.36. The van der Waals surface area contributed by atoms with Crippen LogP contribution >= 0.6 is 11.6 Å². The highest BCUT2D eigenvalue weighted by Crippen LogP contribution is 2.31. The first-order chi connectivity index (χ1) is 9.22. The molecule has 0 aliphatic heterocycles. The van der Waals surface area contributed by atoms with Crippen LogP contribution in [0.1, 0.15) is 33.1 Å². The van der Waals surface area contributed by atoms with Crippen molar-refractivity contribution in [3.05, 3.63) is 23.2 Å². The van der Waals surface area contributed by atoms with E-state index >= 15 is 0 Å². The van der Waals surface area contributed by atoms with E-state index in [1.165, 1.54) is 0 Å². The maximum Gasteiger partial charge on any atom is 0.138 e. The van der Waals surface area contributed by atoms with Gasteiger partial charge in [-0.2, -0.15) is 0 Å². The van der Waals surface area contributed by atoms with Crippen molar-refractivity contribution in [1.82, 2.24) is 0 Å². The van der Waals surface area contributed by atoms with Crippen molar-refractivity contribution in [2.45, 2.75) is 45.3 Å². The monoisotopic (exact) mass is 283 g/mol. The largest absolute Gasteiger partial charge is 0.492 e. The molecular weight excluding hydrogens is 262 g/mol. The first-order valence-electron chi connectivity index (χ1n) is 7.03. The molecule has 3 nitrogen and oxygen atoms in total. The summed E-state index contributed by atoms with van der Waals surface area (Å²) in [6.07, 6.45) is 3.54. The molecule has 0 heterocycles. The molecule has 0 unspecified atom stereocenters. The third-order valence-electron chi connectivity index (χ3n) is 3.26. The maximum absolute atomic E-state index is 6.20. The fourth-order valence-corrected chi connectivity index (χ4v) is 2.45. The Kier molecular flexibility index (Phi) is 5.34. The van der Waals surface area contributed by atoms with Gasteiger partial charge in [-0.15, -0.1) is 0 Å². The van der Waals surface area contributed by atoms with Gasteiger partial charge >= 0.3 is 0 Å². The Morgan fingerprint density at radius 2 is 2.11 bits per heavy atom. The summed E-state index contributed by atoms with van der Waals surface area (Å²) in [6.45, 7) is 5.61. The number of hydrogen-bond donors (Lipinski definition) is 1. The standard InChI is InChI=1S/C15H22ClNO2/c1-3-7-19-15-6-5-11(10-14(15)16)17-12-8-13(9-12)18-4-2/h5-6,10,12-13,17H,3-4,7-9H2,1-2H3. The molecule has 0 amide bonds. The van der Waals surface area contributed by atoms with Gasteiger partial charge in [-0.05, 0) is 44.4 Å². The van der Waals surface area contributed by atoms with Crippen LogP contribution < -0.4 is 10.1 Å². The van der Waals surface area contributed by atoms with Crippen LogP contribution in [0.3, 0.4) is 0 Å². The number of anilines is 1. The summed E-state index contributed by atoms with van der Waals surface area (Å²) in [5.41, 5.74) is 1.05. The minimum absolute atomic E-state index is 0.421. The van der Waals surface area contributed by atoms with Crippen LogP contribution in [0.5, 0.6) is 5.75 Å². The van der Waals surface area contributed by atoms with Crippen molar-refractivity contribution < 1.29 is 9.47 Å². The highest BCUT2D eigenvalue weighted by Gasteiger charge is 2.29. The first-order valence-corrected chi connectivity index (χ1v) is 7.41. The van der Waals surface area contributed by atoms with E-state index in [4.69, 9.17) is 21.1 Å². The SMILES string of the molecule is CCCOc1ccc(NC2CC(OCC)C2)cc1Cl. The molecule has 1 aromatic rings. The van der Waals surface area contributed by atoms with Crippen molar-refractivity contribution in [2.24, 2.45) is 0 Å². The van der Waals surface area contributed by atoms with E-state index in [2.05, 4.69) is 12.2 Å². The average Bonchev–Trinajstić information content (AvgIpc) is 2.35. The summed E-state index contributed by atoms with van der Waals surface area (Å²) in [6, 6.07) is 6.37. The molecule has 0 atom stereocenters. The third kappa shape index (κ3) is 4.02. The molecule has 1 saturated carbocycles. The Balaban J connectivity index is 1.83. The van der Waals surface area contributed by atoms with Gasteiger partial charge in [-0.25, -0.2) is 0 Å². The molecular formula is C15H22ClNO2. The molecule has 0 aromatic heterocycles. The second kappa shape index (κ2) is 7.01. The molecule has 1 fully saturated rings. The van der Waals surface area contributed by atoms with Gasteiger partial charge < -0.3 is 14.8 Å². The fourth-order valence-electron chi connectivity index (χ4n) is 2.21. The van der Waals surface area contributed by atoms with Crippen LogP contribution in [-0.2, 0) is 4.74 Å². The van der Waals surface area contributed by atoms with Gasteiger partial charge in [0.25, 0.3) is 0 Å². The second-order valence-electron chi connectivity index (χ2n) is 4.88. The lowest BCUT2D eigenvalue weighted by Crippen LogP contribution is -2.40. The van der Waals surface area contributed by atoms with Crippen LogP contribution in [0.2, 0.25) is 5.02 Å². The second-order valence-corrected chi connectivity index (χ2v) is 5.29. The van der Waals surface area contributed by atoms with Gasteiger partial charge in [0.15, 0.2) is 0 Å². The van der Waals surface area contributed by atoms with Crippen molar-refractivity contribution in [3.63, 3.8) is 0 Å². The van der Waals surface area contributed by atoms with Crippen LogP contribution in [0.15, 0.2) is 18.2 Å². The molecule has 0 radical (unpaired) electrons. The van der Waals surface area contributed by atoms with Gasteiger partial charge in [0, 0.05) is 18.3 Å². The first kappa shape index (κ1) is 14.5. The Morgan fingerprint density at radius 1 is 1.32 bits per heavy atom. The van der Waals surface area contributed by atoms with Crippen molar-refractivity contribution in [1.29, 1.82) is 0 Å². The highest BCUT2D eigenvalue weighted by atomic mass is 35.5. The van der Waals surface area contributed by atoms with Gasteiger partial charge in [0.05, 0.1) is 17.7 Å². The van der Waals surface area contributed by atoms with Crippen LogP contribution in [0.25, 0.3) is 0 Å². The number of halogens is 1. The molecule has 19 heavy (non-hydrogen) atoms. The van der Waals surface area contributed by atoms with E-state index in [0.29, 0.717) is 23.8 Å². The van der Waals surface area contributed by atoms with E-state index in [9.17, 15) is 0 Å². The zero-order valence-corrected chi connectivity index (χ0v) is 12.4. The van der Waals surface area contributed by atoms with Gasteiger partial charge in [-0.3, -0.25) is 0 Å². The number of ether oxygens (including phenoxy) is 2. The predicted octanol–water partition coefficient (Wildman–Crippen LogP) is 4.11. The minimum atomic E-state index is 0.421. The zero-order valence-electron chi connectivity index (χ0n) is 11.6. The lowest BCUT2D eigenvalue weighted by atomic mass is 9.89. The molecule has 106 valence electrons. The summed E-state index contributed by atoms with van der Waals surface area (Å²) < 4.78 is 11.1. The molecule has 2 rings (SSSR count). The van der Waals surface area contributed by atoms with Crippen molar-refractivity contribution >= 4 is 17.3 Å². The van der Waals surface area contributed by atoms with Crippen molar-refractivity contribution in [3.8, 4) is 5.75 Å². The highest BCUT2D eigenvalue weighted by molar-refractivity contribution is 6.32. The normalized spacial score (nSPS) is 21.8. The van der Waals surface area contributed by atoms with E-state index in [1.54, 1.807) is 0 Å². The number of nitrogens with one attached hydrogen (secondary N) is 1. The Labute approximate surface area is 120 Å². The van der Waals surface area contributed by atoms with Crippen LogP contribution in [0, 0.1) is 0 Å². The Morgan fingerprint density at radius 3 is 2.74 bits per heavy atom. The molecule has 1 aromatic carbocycles. The minimum Gasteiger partial charge on any atom is -0.492 e. The Bertz CT molecular complexity index is 405. The molecule has 4 heteroatoms. The number of benzene rings is 1. The summed E-state index contributed by atoms with van der Waals surface area (Å²) in [4.78, 5) is 0. The Hall–Kier alpha value is -0.930. The maximum atomic E-state index is 6.20. The topological polar surface area (TPSA) is 30.5 Å². The summed E-state index contributed by atoms with van der Waals surface area (Å²) >= 11 is 6.20. The molecule has 0 saturated heterocycles. The van der Waals surface area contributed by atoms with Gasteiger partial charge in [-0.1, -0.05) is 18.5 Å². The van der Waals surface area contributed by atoms with Gasteiger partial charge in [0.1, 0.15) is 5.75 Å². The molecule has 0 bridgehead atoms. The van der Waals surface area contributed by atoms with Crippen molar-refractivity contribution in [2.75, 3.05) is 18.5 Å². The smallest absolute Gasteiger partial charge is 0.138 e. The number of hydrogen-bond acceptors (Lipinski definition) is 3. The molecule has 1 N–H and O–H groups in total. The third-order valence-corrected chi connectivity index (χ3v) is 3.56. The van der Waals surface area contributed by atoms with E-state index in [1.807, 2.05) is 25.1 Å². The predicted molar refractivity (Wildman–Crippen MR) is 79.3 cm³/mol. The molecule has 0 spiro atoms. The quantitative estimate of drug-likeness (QED) is 0.817. The summed E-state index contributed by atoms with van der Waals surface area (Å²) in [5, 5.41) is 4.14. The fraction of sp³-hybridized carbons (Fsp3) is 0.600. The van der Waals surface area contributed by atoms with Crippen LogP contribution in [-0.4, -0.2) is 25.4 Å². The van der Waals surface area contributed by atoms with Gasteiger partial charge in [0.2, 0.25) is 0 Å². The molecule has 1 aliphatic carbocycles. The zero-order chi connectivity index (χ0) is 13.7. The lowest BCUT2D eigenvalue weighted by molar-refractivity contribution is 0.00299. The number of rotatable bonds is 7. The summed E-state index contributed by atoms with van der Waals surface area (Å²) in [5.74, 6) is 0.759. The summed E-state index contributed by atoms with van der Waals surface area (Å²) in [7, 11) is 0. The van der Waals surface area contributed by atoms with E-state index in [-0.39, 0.29) is 0 Å². The van der Waals surface area contributed by atoms with Crippen LogP contribution in [0.4, 0.5) is 5.69 Å². The van der Waals surface area contributed by atoms with E-state index < -0.39 is 0 Å². The molecule has 1 aliphatic rings. The average molecular weight is 284 g/mol.